The molecule has 0 aromatic carbocycles. The van der Waals surface area contributed by atoms with Crippen molar-refractivity contribution in [1.82, 2.24) is 15.0 Å². The summed E-state index contributed by atoms with van der Waals surface area (Å²) in [6.07, 6.45) is 1.62. The molecule has 2 rings (SSSR count). The van der Waals surface area contributed by atoms with Crippen molar-refractivity contribution in [2.24, 2.45) is 0 Å². The molecular formula is C11H11N3O3. The second-order valence-corrected chi connectivity index (χ2v) is 3.01. The van der Waals surface area contributed by atoms with Crippen molar-refractivity contribution in [1.29, 1.82) is 0 Å². The Hall–Kier alpha value is -2.37. The van der Waals surface area contributed by atoms with E-state index in [1.165, 1.54) is 14.2 Å². The van der Waals surface area contributed by atoms with Gasteiger partial charge in [0.1, 0.15) is 0 Å². The van der Waals surface area contributed by atoms with Gasteiger partial charge in [0, 0.05) is 12.3 Å². The van der Waals surface area contributed by atoms with Gasteiger partial charge < -0.3 is 14.2 Å². The lowest BCUT2D eigenvalue weighted by Crippen LogP contribution is -1.98. The Morgan fingerprint density at radius 2 is 1.65 bits per heavy atom. The van der Waals surface area contributed by atoms with Crippen molar-refractivity contribution in [3.05, 3.63) is 30.5 Å². The first-order chi connectivity index (χ1) is 8.31. The minimum atomic E-state index is 0.125. The standard InChI is InChI=1S/C11H11N3O3/c1-15-9-7-10(16-2)14-11(13-9)17-8-5-3-4-6-12-8/h3-7H,1-2H3. The molecule has 0 bridgehead atoms. The van der Waals surface area contributed by atoms with Crippen LogP contribution in [-0.4, -0.2) is 29.2 Å². The molecule has 6 nitrogen and oxygen atoms in total. The number of hydrogen-bond donors (Lipinski definition) is 0. The molecule has 17 heavy (non-hydrogen) atoms. The van der Waals surface area contributed by atoms with Gasteiger partial charge in [-0.15, -0.1) is 0 Å². The second kappa shape index (κ2) is 5.11. The average molecular weight is 233 g/mol. The van der Waals surface area contributed by atoms with E-state index in [4.69, 9.17) is 14.2 Å². The zero-order valence-corrected chi connectivity index (χ0v) is 9.45. The number of ether oxygens (including phenoxy) is 3. The fourth-order valence-corrected chi connectivity index (χ4v) is 1.14. The summed E-state index contributed by atoms with van der Waals surface area (Å²) in [5.74, 6) is 1.13. The van der Waals surface area contributed by atoms with Crippen LogP contribution in [-0.2, 0) is 0 Å². The van der Waals surface area contributed by atoms with Gasteiger partial charge in [-0.3, -0.25) is 0 Å². The molecule has 0 amide bonds. The normalized spacial score (nSPS) is 9.76. The molecule has 0 aliphatic rings. The third-order valence-electron chi connectivity index (χ3n) is 1.91. The Kier molecular flexibility index (Phi) is 3.34. The summed E-state index contributed by atoms with van der Waals surface area (Å²) in [6, 6.07) is 6.99. The number of rotatable bonds is 4. The molecule has 2 aromatic rings. The fraction of sp³-hybridized carbons (Fsp3) is 0.182. The van der Waals surface area contributed by atoms with Crippen LogP contribution >= 0.6 is 0 Å². The average Bonchev–Trinajstić information content (AvgIpc) is 2.39. The second-order valence-electron chi connectivity index (χ2n) is 3.01. The quantitative estimate of drug-likeness (QED) is 0.800. The highest BCUT2D eigenvalue weighted by atomic mass is 16.5. The van der Waals surface area contributed by atoms with Crippen molar-refractivity contribution in [2.75, 3.05) is 14.2 Å². The van der Waals surface area contributed by atoms with Gasteiger partial charge in [0.2, 0.25) is 17.6 Å². The Morgan fingerprint density at radius 1 is 0.941 bits per heavy atom. The molecule has 0 radical (unpaired) electrons. The van der Waals surface area contributed by atoms with Gasteiger partial charge in [-0.05, 0) is 6.07 Å². The van der Waals surface area contributed by atoms with Crippen LogP contribution in [0.3, 0.4) is 0 Å². The lowest BCUT2D eigenvalue weighted by molar-refractivity contribution is 0.345. The highest BCUT2D eigenvalue weighted by molar-refractivity contribution is 5.24. The van der Waals surface area contributed by atoms with Crippen LogP contribution in [0.25, 0.3) is 0 Å². The van der Waals surface area contributed by atoms with E-state index in [0.29, 0.717) is 17.6 Å². The molecule has 0 saturated heterocycles. The summed E-state index contributed by atoms with van der Waals surface area (Å²) in [5, 5.41) is 0. The molecule has 88 valence electrons. The van der Waals surface area contributed by atoms with Gasteiger partial charge in [-0.25, -0.2) is 4.98 Å². The van der Waals surface area contributed by atoms with Crippen LogP contribution in [0, 0.1) is 0 Å². The summed E-state index contributed by atoms with van der Waals surface area (Å²) in [5.41, 5.74) is 0. The summed E-state index contributed by atoms with van der Waals surface area (Å²) >= 11 is 0. The van der Waals surface area contributed by atoms with Gasteiger partial charge in [0.05, 0.1) is 20.3 Å². The molecule has 6 heteroatoms. The third-order valence-corrected chi connectivity index (χ3v) is 1.91. The van der Waals surface area contributed by atoms with E-state index in [1.54, 1.807) is 30.5 Å². The minimum Gasteiger partial charge on any atom is -0.481 e. The highest BCUT2D eigenvalue weighted by Crippen LogP contribution is 2.21. The van der Waals surface area contributed by atoms with E-state index < -0.39 is 0 Å². The monoisotopic (exact) mass is 233 g/mol. The van der Waals surface area contributed by atoms with Crippen LogP contribution in [0.5, 0.6) is 23.7 Å². The smallest absolute Gasteiger partial charge is 0.330 e. The first kappa shape index (κ1) is 11.1. The van der Waals surface area contributed by atoms with E-state index >= 15 is 0 Å². The SMILES string of the molecule is COc1cc(OC)nc(Oc2ccccn2)n1. The Balaban J connectivity index is 2.26. The number of methoxy groups -OCH3 is 2. The lowest BCUT2D eigenvalue weighted by atomic mass is 10.5. The maximum absolute atomic E-state index is 5.37. The van der Waals surface area contributed by atoms with Crippen LogP contribution in [0.1, 0.15) is 0 Å². The van der Waals surface area contributed by atoms with Crippen LogP contribution < -0.4 is 14.2 Å². The fourth-order valence-electron chi connectivity index (χ4n) is 1.14. The number of nitrogens with zero attached hydrogens (tertiary/aromatic N) is 3. The Bertz CT molecular complexity index is 468. The molecule has 0 N–H and O–H groups in total. The molecule has 0 spiro atoms. The number of pyridine rings is 1. The number of hydrogen-bond acceptors (Lipinski definition) is 6. The summed E-state index contributed by atoms with van der Waals surface area (Å²) in [4.78, 5) is 12.0. The van der Waals surface area contributed by atoms with Crippen LogP contribution in [0.2, 0.25) is 0 Å². The minimum absolute atomic E-state index is 0.125. The maximum Gasteiger partial charge on any atom is 0.330 e. The van der Waals surface area contributed by atoms with Crippen LogP contribution in [0.4, 0.5) is 0 Å². The first-order valence-corrected chi connectivity index (χ1v) is 4.88. The molecule has 2 aromatic heterocycles. The molecular weight excluding hydrogens is 222 g/mol. The Morgan fingerprint density at radius 3 is 2.18 bits per heavy atom. The van der Waals surface area contributed by atoms with E-state index in [2.05, 4.69) is 15.0 Å². The largest absolute Gasteiger partial charge is 0.481 e. The van der Waals surface area contributed by atoms with Crippen molar-refractivity contribution < 1.29 is 14.2 Å². The third kappa shape index (κ3) is 2.81. The van der Waals surface area contributed by atoms with Gasteiger partial charge in [-0.1, -0.05) is 6.07 Å². The molecule has 0 saturated carbocycles. The highest BCUT2D eigenvalue weighted by Gasteiger charge is 2.07. The molecule has 0 fully saturated rings. The van der Waals surface area contributed by atoms with Gasteiger partial charge in [0.15, 0.2) is 0 Å². The zero-order chi connectivity index (χ0) is 12.1. The van der Waals surface area contributed by atoms with E-state index in [-0.39, 0.29) is 6.01 Å². The summed E-state index contributed by atoms with van der Waals surface area (Å²) in [6.45, 7) is 0. The van der Waals surface area contributed by atoms with Gasteiger partial charge >= 0.3 is 6.01 Å². The topological polar surface area (TPSA) is 66.4 Å². The van der Waals surface area contributed by atoms with E-state index in [9.17, 15) is 0 Å². The lowest BCUT2D eigenvalue weighted by Gasteiger charge is -2.06. The number of aromatic nitrogens is 3. The molecule has 0 unspecified atom stereocenters. The van der Waals surface area contributed by atoms with Crippen molar-refractivity contribution in [3.63, 3.8) is 0 Å². The molecule has 0 aliphatic heterocycles. The Labute approximate surface area is 98.2 Å². The molecule has 0 aliphatic carbocycles. The zero-order valence-electron chi connectivity index (χ0n) is 9.45. The van der Waals surface area contributed by atoms with E-state index in [0.717, 1.165) is 0 Å². The van der Waals surface area contributed by atoms with Crippen LogP contribution in [0.15, 0.2) is 30.5 Å². The predicted molar refractivity (Wildman–Crippen MR) is 59.4 cm³/mol. The van der Waals surface area contributed by atoms with Crippen molar-refractivity contribution >= 4 is 0 Å². The van der Waals surface area contributed by atoms with Crippen molar-refractivity contribution in [3.8, 4) is 23.7 Å². The summed E-state index contributed by atoms with van der Waals surface area (Å²) in [7, 11) is 3.01. The predicted octanol–water partition coefficient (Wildman–Crippen LogP) is 1.68. The van der Waals surface area contributed by atoms with E-state index in [1.807, 2.05) is 0 Å². The van der Waals surface area contributed by atoms with Gasteiger partial charge in [-0.2, -0.15) is 9.97 Å². The maximum atomic E-state index is 5.37. The van der Waals surface area contributed by atoms with Gasteiger partial charge in [0.25, 0.3) is 0 Å². The molecule has 2 heterocycles. The van der Waals surface area contributed by atoms with Crippen molar-refractivity contribution in [2.45, 2.75) is 0 Å². The molecule has 0 atom stereocenters. The summed E-state index contributed by atoms with van der Waals surface area (Å²) < 4.78 is 15.4. The first-order valence-electron chi connectivity index (χ1n) is 4.88.